The van der Waals surface area contributed by atoms with Gasteiger partial charge in [0, 0.05) is 37.4 Å². The summed E-state index contributed by atoms with van der Waals surface area (Å²) in [4.78, 5) is 13.5. The van der Waals surface area contributed by atoms with Gasteiger partial charge in [-0.2, -0.15) is 0 Å². The molecular formula is C23H22F2N8. The Labute approximate surface area is 189 Å². The van der Waals surface area contributed by atoms with E-state index in [-0.39, 0.29) is 23.0 Å². The summed E-state index contributed by atoms with van der Waals surface area (Å²) in [6, 6.07) is 12.0. The molecule has 0 bridgehead atoms. The van der Waals surface area contributed by atoms with Crippen LogP contribution < -0.4 is 10.6 Å². The second kappa shape index (κ2) is 8.55. The molecule has 0 atom stereocenters. The van der Waals surface area contributed by atoms with Crippen LogP contribution in [0, 0.1) is 11.6 Å². The Kier molecular flexibility index (Phi) is 5.43. The van der Waals surface area contributed by atoms with E-state index in [2.05, 4.69) is 49.1 Å². The molecule has 0 radical (unpaired) electrons. The highest BCUT2D eigenvalue weighted by molar-refractivity contribution is 5.71. The number of anilines is 2. The first-order valence-electron chi connectivity index (χ1n) is 10.5. The summed E-state index contributed by atoms with van der Waals surface area (Å²) in [5.41, 5.74) is 8.85. The Morgan fingerprint density at radius 3 is 2.48 bits per heavy atom. The number of hydrogen-bond donors (Lipinski definition) is 1. The fraction of sp³-hybridized carbons (Fsp3) is 0.217. The maximum absolute atomic E-state index is 14.4. The first-order chi connectivity index (χ1) is 16.0. The van der Waals surface area contributed by atoms with Gasteiger partial charge in [0.1, 0.15) is 6.33 Å². The van der Waals surface area contributed by atoms with E-state index in [9.17, 15) is 8.78 Å². The summed E-state index contributed by atoms with van der Waals surface area (Å²) < 4.78 is 29.5. The second-order valence-corrected chi connectivity index (χ2v) is 7.92. The Bertz CT molecular complexity index is 1280. The van der Waals surface area contributed by atoms with Gasteiger partial charge in [0.25, 0.3) is 0 Å². The zero-order chi connectivity index (χ0) is 22.9. The maximum Gasteiger partial charge on any atom is 0.190 e. The van der Waals surface area contributed by atoms with Crippen molar-refractivity contribution >= 4 is 11.5 Å². The number of nitrogens with two attached hydrogens (primary N) is 1. The molecule has 4 aromatic rings. The molecule has 5 rings (SSSR count). The molecule has 2 aromatic heterocycles. The minimum Gasteiger partial charge on any atom is -0.382 e. The number of aromatic nitrogens is 5. The molecule has 1 saturated heterocycles. The molecule has 2 aromatic carbocycles. The first kappa shape index (κ1) is 21.0. The Morgan fingerprint density at radius 2 is 1.73 bits per heavy atom. The normalized spacial score (nSPS) is 14.6. The number of likely N-dealkylation sites (N-methyl/N-ethyl adjacent to an activating group) is 1. The van der Waals surface area contributed by atoms with Crippen molar-refractivity contribution in [2.75, 3.05) is 43.9 Å². The van der Waals surface area contributed by atoms with Crippen molar-refractivity contribution in [1.29, 1.82) is 0 Å². The third-order valence-electron chi connectivity index (χ3n) is 5.78. The number of nitrogens with zero attached hydrogens (tertiary/aromatic N) is 7. The fourth-order valence-corrected chi connectivity index (χ4v) is 3.86. The van der Waals surface area contributed by atoms with Crippen molar-refractivity contribution < 1.29 is 8.78 Å². The van der Waals surface area contributed by atoms with Gasteiger partial charge in [-0.25, -0.2) is 18.7 Å². The van der Waals surface area contributed by atoms with Crippen molar-refractivity contribution in [3.05, 3.63) is 66.6 Å². The van der Waals surface area contributed by atoms with E-state index in [1.165, 1.54) is 23.0 Å². The lowest BCUT2D eigenvalue weighted by atomic mass is 10.1. The van der Waals surface area contributed by atoms with Crippen LogP contribution in [0.1, 0.15) is 0 Å². The van der Waals surface area contributed by atoms with Crippen LogP contribution in [0.5, 0.6) is 0 Å². The third-order valence-corrected chi connectivity index (χ3v) is 5.78. The molecule has 0 unspecified atom stereocenters. The number of piperazine rings is 1. The zero-order valence-corrected chi connectivity index (χ0v) is 18.0. The summed E-state index contributed by atoms with van der Waals surface area (Å²) in [5, 5.41) is 7.89. The number of halogens is 2. The first-order valence-corrected chi connectivity index (χ1v) is 10.5. The topological polar surface area (TPSA) is 89.0 Å². The maximum atomic E-state index is 14.4. The molecule has 2 N–H and O–H groups in total. The highest BCUT2D eigenvalue weighted by atomic mass is 19.2. The average Bonchev–Trinajstić information content (AvgIpc) is 3.31. The van der Waals surface area contributed by atoms with Gasteiger partial charge < -0.3 is 15.5 Å². The lowest BCUT2D eigenvalue weighted by Gasteiger charge is -2.34. The van der Waals surface area contributed by atoms with E-state index in [0.717, 1.165) is 43.5 Å². The molecule has 1 fully saturated rings. The molecular weight excluding hydrogens is 426 g/mol. The van der Waals surface area contributed by atoms with Gasteiger partial charge in [-0.3, -0.25) is 4.57 Å². The Balaban J connectivity index is 1.48. The van der Waals surface area contributed by atoms with Gasteiger partial charge in [0.05, 0.1) is 17.6 Å². The monoisotopic (exact) mass is 448 g/mol. The highest BCUT2D eigenvalue weighted by Crippen LogP contribution is 2.28. The molecule has 33 heavy (non-hydrogen) atoms. The zero-order valence-electron chi connectivity index (χ0n) is 18.0. The van der Waals surface area contributed by atoms with Crippen LogP contribution in [0.2, 0.25) is 0 Å². The fourth-order valence-electron chi connectivity index (χ4n) is 3.86. The van der Waals surface area contributed by atoms with Crippen LogP contribution in [-0.2, 0) is 0 Å². The van der Waals surface area contributed by atoms with Crippen molar-refractivity contribution in [1.82, 2.24) is 29.6 Å². The highest BCUT2D eigenvalue weighted by Gasteiger charge is 2.20. The van der Waals surface area contributed by atoms with Crippen LogP contribution in [0.25, 0.3) is 28.5 Å². The van der Waals surface area contributed by atoms with Crippen LogP contribution in [0.4, 0.5) is 20.3 Å². The molecule has 10 heteroatoms. The van der Waals surface area contributed by atoms with E-state index >= 15 is 0 Å². The molecule has 168 valence electrons. The van der Waals surface area contributed by atoms with Gasteiger partial charge in [-0.05, 0) is 31.3 Å². The molecule has 1 aliphatic rings. The van der Waals surface area contributed by atoms with E-state index in [1.807, 2.05) is 12.1 Å². The summed E-state index contributed by atoms with van der Waals surface area (Å²) in [6.07, 6.45) is 2.86. The summed E-state index contributed by atoms with van der Waals surface area (Å²) >= 11 is 0. The smallest absolute Gasteiger partial charge is 0.190 e. The number of hydrogen-bond acceptors (Lipinski definition) is 7. The van der Waals surface area contributed by atoms with E-state index in [0.29, 0.717) is 5.69 Å². The lowest BCUT2D eigenvalue weighted by Crippen LogP contribution is -2.44. The SMILES string of the molecule is CN1CCN(c2ccc(-c3cnc(N)c(-c4nncn4-c4cccc(F)c4F)n3)cc2)CC1. The van der Waals surface area contributed by atoms with E-state index < -0.39 is 11.6 Å². The molecule has 0 spiro atoms. The van der Waals surface area contributed by atoms with E-state index in [1.54, 1.807) is 6.20 Å². The van der Waals surface area contributed by atoms with Gasteiger partial charge >= 0.3 is 0 Å². The largest absolute Gasteiger partial charge is 0.382 e. The van der Waals surface area contributed by atoms with Crippen LogP contribution in [0.15, 0.2) is 55.0 Å². The number of rotatable bonds is 4. The standard InChI is InChI=1S/C23H22F2N8/c1-31-9-11-32(12-10-31)16-7-5-15(6-8-16)18-13-27-22(26)21(29-18)23-30-28-14-33(23)19-4-2-3-17(24)20(19)25/h2-8,13-14H,9-12H2,1H3,(H2,26,27). The predicted octanol–water partition coefficient (Wildman–Crippen LogP) is 3.00. The van der Waals surface area contributed by atoms with Crippen LogP contribution in [-0.4, -0.2) is 62.9 Å². The van der Waals surface area contributed by atoms with E-state index in [4.69, 9.17) is 5.73 Å². The Hall–Kier alpha value is -3.92. The quantitative estimate of drug-likeness (QED) is 0.513. The van der Waals surface area contributed by atoms with Gasteiger partial charge in [-0.1, -0.05) is 18.2 Å². The minimum absolute atomic E-state index is 0.0434. The summed E-state index contributed by atoms with van der Waals surface area (Å²) in [7, 11) is 2.13. The molecule has 0 amide bonds. The second-order valence-electron chi connectivity index (χ2n) is 7.92. The Morgan fingerprint density at radius 1 is 0.970 bits per heavy atom. The minimum atomic E-state index is -1.01. The molecule has 0 saturated carbocycles. The van der Waals surface area contributed by atoms with Crippen molar-refractivity contribution in [3.63, 3.8) is 0 Å². The predicted molar refractivity (Wildman–Crippen MR) is 122 cm³/mol. The summed E-state index contributed by atoms with van der Waals surface area (Å²) in [5.74, 6) is -1.71. The van der Waals surface area contributed by atoms with Crippen LogP contribution >= 0.6 is 0 Å². The van der Waals surface area contributed by atoms with Gasteiger partial charge in [-0.15, -0.1) is 10.2 Å². The number of nitrogen functional groups attached to an aromatic ring is 1. The van der Waals surface area contributed by atoms with Crippen molar-refractivity contribution in [3.8, 4) is 28.5 Å². The van der Waals surface area contributed by atoms with Crippen molar-refractivity contribution in [2.24, 2.45) is 0 Å². The van der Waals surface area contributed by atoms with Crippen molar-refractivity contribution in [2.45, 2.75) is 0 Å². The summed E-state index contributed by atoms with van der Waals surface area (Å²) in [6.45, 7) is 4.02. The van der Waals surface area contributed by atoms with Crippen LogP contribution in [0.3, 0.4) is 0 Å². The molecule has 3 heterocycles. The molecule has 1 aliphatic heterocycles. The molecule has 8 nitrogen and oxygen atoms in total. The van der Waals surface area contributed by atoms with Gasteiger partial charge in [0.15, 0.2) is 29.0 Å². The average molecular weight is 448 g/mol. The third kappa shape index (κ3) is 4.00. The molecule has 0 aliphatic carbocycles. The lowest BCUT2D eigenvalue weighted by molar-refractivity contribution is 0.313. The van der Waals surface area contributed by atoms with Gasteiger partial charge in [0.2, 0.25) is 0 Å². The number of benzene rings is 2.